The zero-order valence-corrected chi connectivity index (χ0v) is 16.2. The van der Waals surface area contributed by atoms with Gasteiger partial charge in [0, 0.05) is 28.1 Å². The molecule has 0 aromatic heterocycles. The number of hydrogen-bond donors (Lipinski definition) is 0. The minimum Gasteiger partial charge on any atom is -0.494 e. The van der Waals surface area contributed by atoms with Gasteiger partial charge in [-0.3, -0.25) is 0 Å². The molecule has 1 nitrogen and oxygen atoms in total. The van der Waals surface area contributed by atoms with E-state index in [1.54, 1.807) is 36.4 Å². The first-order valence-corrected chi connectivity index (χ1v) is 9.47. The van der Waals surface area contributed by atoms with Crippen LogP contribution in [0.15, 0.2) is 72.8 Å². The Balaban J connectivity index is 1.57. The zero-order chi connectivity index (χ0) is 21.1. The molecule has 4 aromatic carbocycles. The van der Waals surface area contributed by atoms with Crippen molar-refractivity contribution < 1.29 is 17.9 Å². The Labute approximate surface area is 172 Å². The number of hydrogen-bond acceptors (Lipinski definition) is 1. The normalized spacial score (nSPS) is 10.5. The molecule has 0 saturated heterocycles. The van der Waals surface area contributed by atoms with Crippen LogP contribution in [0.3, 0.4) is 0 Å². The molecule has 0 spiro atoms. The third-order valence-corrected chi connectivity index (χ3v) is 4.71. The lowest BCUT2D eigenvalue weighted by Gasteiger charge is -2.07. The maximum atomic E-state index is 14.4. The molecule has 4 aromatic rings. The largest absolute Gasteiger partial charge is 0.494 e. The maximum Gasteiger partial charge on any atom is 0.166 e. The minimum absolute atomic E-state index is 0.224. The lowest BCUT2D eigenvalue weighted by Crippen LogP contribution is -1.93. The predicted molar refractivity (Wildman–Crippen MR) is 113 cm³/mol. The van der Waals surface area contributed by atoms with Crippen LogP contribution in [0.4, 0.5) is 13.2 Å². The van der Waals surface area contributed by atoms with Gasteiger partial charge in [-0.25, -0.2) is 13.2 Å². The van der Waals surface area contributed by atoms with Gasteiger partial charge in [0.05, 0.1) is 6.61 Å². The lowest BCUT2D eigenvalue weighted by atomic mass is 10.0. The van der Waals surface area contributed by atoms with Gasteiger partial charge >= 0.3 is 0 Å². The summed E-state index contributed by atoms with van der Waals surface area (Å²) in [5, 5.41) is 0.810. The van der Waals surface area contributed by atoms with Gasteiger partial charge in [-0.2, -0.15) is 0 Å². The second-order valence-electron chi connectivity index (χ2n) is 6.70. The molecule has 0 atom stereocenters. The fourth-order valence-electron chi connectivity index (χ4n) is 3.21. The molecular formula is C26H17F3O. The highest BCUT2D eigenvalue weighted by atomic mass is 19.2. The highest BCUT2D eigenvalue weighted by Crippen LogP contribution is 2.26. The van der Waals surface area contributed by atoms with E-state index in [9.17, 15) is 13.2 Å². The number of ether oxygens (including phenoxy) is 1. The van der Waals surface area contributed by atoms with Crippen molar-refractivity contribution in [2.75, 3.05) is 6.61 Å². The Morgan fingerprint density at radius 2 is 1.47 bits per heavy atom. The minimum atomic E-state index is -0.870. The Morgan fingerprint density at radius 3 is 2.20 bits per heavy atom. The summed E-state index contributed by atoms with van der Waals surface area (Å²) < 4.78 is 46.8. The van der Waals surface area contributed by atoms with Gasteiger partial charge in [0.2, 0.25) is 0 Å². The van der Waals surface area contributed by atoms with Gasteiger partial charge < -0.3 is 4.74 Å². The molecule has 0 saturated carbocycles. The van der Waals surface area contributed by atoms with Crippen molar-refractivity contribution in [3.8, 4) is 28.7 Å². The lowest BCUT2D eigenvalue weighted by molar-refractivity contribution is 0.338. The highest BCUT2D eigenvalue weighted by Gasteiger charge is 2.08. The molecule has 0 heterocycles. The van der Waals surface area contributed by atoms with Crippen LogP contribution in [0.2, 0.25) is 0 Å². The molecule has 148 valence electrons. The van der Waals surface area contributed by atoms with Crippen molar-refractivity contribution in [2.24, 2.45) is 0 Å². The Morgan fingerprint density at radius 1 is 0.733 bits per heavy atom. The molecule has 4 heteroatoms. The van der Waals surface area contributed by atoms with Crippen molar-refractivity contribution in [3.05, 3.63) is 101 Å². The summed E-state index contributed by atoms with van der Waals surface area (Å²) in [6.07, 6.45) is 0. The first kappa shape index (κ1) is 19.6. The molecule has 30 heavy (non-hydrogen) atoms. The summed E-state index contributed by atoms with van der Waals surface area (Å²) >= 11 is 0. The average molecular weight is 402 g/mol. The topological polar surface area (TPSA) is 9.23 Å². The summed E-state index contributed by atoms with van der Waals surface area (Å²) in [7, 11) is 0. The van der Waals surface area contributed by atoms with Crippen LogP contribution in [0.5, 0.6) is 5.75 Å². The van der Waals surface area contributed by atoms with Gasteiger partial charge in [-0.05, 0) is 60.3 Å². The standard InChI is InChI=1S/C26H17F3O/c1-2-30-21-11-13-22(25(28)16-21)19-8-5-17(6-9-19)3-4-18-7-12-23-20(15-18)10-14-24(27)26(23)29/h5-16H,2H2,1H3. The fourth-order valence-corrected chi connectivity index (χ4v) is 3.21. The monoisotopic (exact) mass is 402 g/mol. The summed E-state index contributed by atoms with van der Waals surface area (Å²) in [6.45, 7) is 2.33. The average Bonchev–Trinajstić information content (AvgIpc) is 2.76. The molecular weight excluding hydrogens is 385 g/mol. The van der Waals surface area contributed by atoms with E-state index in [2.05, 4.69) is 11.8 Å². The van der Waals surface area contributed by atoms with E-state index < -0.39 is 11.6 Å². The zero-order valence-electron chi connectivity index (χ0n) is 16.2. The maximum absolute atomic E-state index is 14.4. The van der Waals surface area contributed by atoms with Crippen molar-refractivity contribution in [1.29, 1.82) is 0 Å². The molecule has 0 aliphatic heterocycles. The van der Waals surface area contributed by atoms with Gasteiger partial charge in [0.25, 0.3) is 0 Å². The van der Waals surface area contributed by atoms with Crippen molar-refractivity contribution in [3.63, 3.8) is 0 Å². The van der Waals surface area contributed by atoms with Gasteiger partial charge in [0.15, 0.2) is 11.6 Å². The van der Waals surface area contributed by atoms with Crippen LogP contribution in [-0.4, -0.2) is 6.61 Å². The summed E-state index contributed by atoms with van der Waals surface area (Å²) in [5.41, 5.74) is 2.68. The Hall–Kier alpha value is -3.71. The van der Waals surface area contributed by atoms with E-state index in [4.69, 9.17) is 4.74 Å². The summed E-state index contributed by atoms with van der Waals surface area (Å²) in [6, 6.07) is 19.6. The van der Waals surface area contributed by atoms with Crippen LogP contribution in [0.1, 0.15) is 18.1 Å². The molecule has 0 radical (unpaired) electrons. The van der Waals surface area contributed by atoms with E-state index in [1.165, 1.54) is 18.2 Å². The van der Waals surface area contributed by atoms with Gasteiger partial charge in [-0.15, -0.1) is 0 Å². The van der Waals surface area contributed by atoms with Crippen molar-refractivity contribution in [2.45, 2.75) is 6.92 Å². The molecule has 0 aliphatic carbocycles. The number of fused-ring (bicyclic) bond motifs is 1. The number of rotatable bonds is 3. The molecule has 0 bridgehead atoms. The SMILES string of the molecule is CCOc1ccc(-c2ccc(C#Cc3ccc4c(F)c(F)ccc4c3)cc2)c(F)c1. The smallest absolute Gasteiger partial charge is 0.166 e. The van der Waals surface area contributed by atoms with Gasteiger partial charge in [-0.1, -0.05) is 36.1 Å². The van der Waals surface area contributed by atoms with Crippen LogP contribution in [0.25, 0.3) is 21.9 Å². The van der Waals surface area contributed by atoms with Crippen molar-refractivity contribution >= 4 is 10.8 Å². The second-order valence-corrected chi connectivity index (χ2v) is 6.70. The van der Waals surface area contributed by atoms with Gasteiger partial charge in [0.1, 0.15) is 11.6 Å². The first-order chi connectivity index (χ1) is 14.5. The van der Waals surface area contributed by atoms with Crippen LogP contribution in [0, 0.1) is 29.3 Å². The van der Waals surface area contributed by atoms with Crippen LogP contribution in [-0.2, 0) is 0 Å². The highest BCUT2D eigenvalue weighted by molar-refractivity contribution is 5.84. The summed E-state index contributed by atoms with van der Waals surface area (Å²) in [4.78, 5) is 0. The van der Waals surface area contributed by atoms with E-state index in [-0.39, 0.29) is 11.2 Å². The summed E-state index contributed by atoms with van der Waals surface area (Å²) in [5.74, 6) is 4.49. The van der Waals surface area contributed by atoms with E-state index >= 15 is 0 Å². The molecule has 0 fully saturated rings. The van der Waals surface area contributed by atoms with Crippen molar-refractivity contribution in [1.82, 2.24) is 0 Å². The van der Waals surface area contributed by atoms with Crippen LogP contribution < -0.4 is 4.74 Å². The second kappa shape index (κ2) is 8.34. The Kier molecular flexibility index (Phi) is 5.45. The fraction of sp³-hybridized carbons (Fsp3) is 0.0769. The van der Waals surface area contributed by atoms with E-state index in [0.29, 0.717) is 28.9 Å². The third kappa shape index (κ3) is 4.01. The number of benzene rings is 4. The van der Waals surface area contributed by atoms with E-state index in [0.717, 1.165) is 17.2 Å². The molecule has 4 rings (SSSR count). The first-order valence-electron chi connectivity index (χ1n) is 9.47. The molecule has 0 amide bonds. The predicted octanol–water partition coefficient (Wildman–Crippen LogP) is 6.72. The quantitative estimate of drug-likeness (QED) is 0.346. The Bertz CT molecular complexity index is 1280. The molecule has 0 unspecified atom stereocenters. The van der Waals surface area contributed by atoms with Crippen LogP contribution >= 0.6 is 0 Å². The van der Waals surface area contributed by atoms with E-state index in [1.807, 2.05) is 19.1 Å². The third-order valence-electron chi connectivity index (χ3n) is 4.71. The molecule has 0 N–H and O–H groups in total. The number of halogens is 3. The molecule has 0 aliphatic rings.